The van der Waals surface area contributed by atoms with Crippen molar-refractivity contribution in [2.45, 2.75) is 32.7 Å². The topological polar surface area (TPSA) is 63.3 Å². The maximum absolute atomic E-state index is 10.9. The Hall–Kier alpha value is -0.570. The number of carboxylic acid groups (broad SMARTS) is 1. The zero-order chi connectivity index (χ0) is 9.80. The summed E-state index contributed by atoms with van der Waals surface area (Å²) in [5, 5.41) is 8.94. The van der Waals surface area contributed by atoms with Crippen molar-refractivity contribution in [3.05, 3.63) is 0 Å². The van der Waals surface area contributed by atoms with E-state index in [4.69, 9.17) is 10.8 Å². The average Bonchev–Trinajstić information content (AvgIpc) is 2.02. The van der Waals surface area contributed by atoms with Crippen LogP contribution in [0.1, 0.15) is 26.7 Å². The minimum atomic E-state index is -0.710. The van der Waals surface area contributed by atoms with Gasteiger partial charge in [-0.2, -0.15) is 0 Å². The molecule has 13 heavy (non-hydrogen) atoms. The monoisotopic (exact) mass is 183 g/mol. The van der Waals surface area contributed by atoms with Crippen molar-refractivity contribution in [2.24, 2.45) is 28.9 Å². The van der Waals surface area contributed by atoms with Gasteiger partial charge in [-0.05, 0) is 30.1 Å². The van der Waals surface area contributed by atoms with E-state index >= 15 is 0 Å². The number of hydrogen-bond donors (Lipinski definition) is 2. The van der Waals surface area contributed by atoms with Crippen LogP contribution in [-0.2, 0) is 4.79 Å². The molecule has 4 atom stereocenters. The Morgan fingerprint density at radius 3 is 2.46 bits per heavy atom. The first-order valence-electron chi connectivity index (χ1n) is 4.93. The Balaban J connectivity index is 2.16. The summed E-state index contributed by atoms with van der Waals surface area (Å²) in [5.41, 5.74) is 6.24. The molecular formula is C10H17NO2. The number of nitrogens with two attached hydrogens (primary N) is 1. The van der Waals surface area contributed by atoms with Crippen LogP contribution in [0.3, 0.4) is 0 Å². The highest BCUT2D eigenvalue weighted by Crippen LogP contribution is 2.60. The maximum Gasteiger partial charge on any atom is 0.308 e. The minimum absolute atomic E-state index is 0.127. The number of carbonyl (C=O) groups is 1. The lowest BCUT2D eigenvalue weighted by Crippen LogP contribution is -2.62. The zero-order valence-corrected chi connectivity index (χ0v) is 8.16. The third-order valence-corrected chi connectivity index (χ3v) is 4.33. The summed E-state index contributed by atoms with van der Waals surface area (Å²) in [6.07, 6.45) is 1.91. The first-order valence-corrected chi connectivity index (χ1v) is 4.93. The standard InChI is InChI=1S/C10H17NO2/c1-10(2)5-3-6(9(12)13)8(11)7(10)4-5/h5-8H,3-4,11H2,1-2H3,(H,12,13)/t5-,6-,7+,8-/m0/s1. The molecule has 0 aliphatic heterocycles. The van der Waals surface area contributed by atoms with E-state index in [2.05, 4.69) is 13.8 Å². The Kier molecular flexibility index (Phi) is 1.71. The van der Waals surface area contributed by atoms with E-state index in [1.807, 2.05) is 0 Å². The normalized spacial score (nSPS) is 46.7. The van der Waals surface area contributed by atoms with Gasteiger partial charge < -0.3 is 10.8 Å². The molecule has 0 spiro atoms. The minimum Gasteiger partial charge on any atom is -0.481 e. The summed E-state index contributed by atoms with van der Waals surface area (Å²) in [4.78, 5) is 10.9. The molecule has 0 heterocycles. The van der Waals surface area contributed by atoms with Crippen LogP contribution in [0.2, 0.25) is 0 Å². The van der Waals surface area contributed by atoms with Gasteiger partial charge >= 0.3 is 5.97 Å². The molecule has 0 aromatic rings. The number of fused-ring (bicyclic) bond motifs is 2. The summed E-state index contributed by atoms with van der Waals surface area (Å²) in [6, 6.07) is -0.127. The molecule has 3 aliphatic rings. The van der Waals surface area contributed by atoms with Gasteiger partial charge in [0.1, 0.15) is 0 Å². The van der Waals surface area contributed by atoms with E-state index in [0.29, 0.717) is 11.8 Å². The van der Waals surface area contributed by atoms with Gasteiger partial charge in [-0.3, -0.25) is 4.79 Å². The van der Waals surface area contributed by atoms with Crippen LogP contribution in [0.5, 0.6) is 0 Å². The van der Waals surface area contributed by atoms with Gasteiger partial charge in [0.15, 0.2) is 0 Å². The second-order valence-corrected chi connectivity index (χ2v) is 5.12. The molecule has 3 rings (SSSR count). The summed E-state index contributed by atoms with van der Waals surface area (Å²) in [5.74, 6) is 0.000208. The summed E-state index contributed by atoms with van der Waals surface area (Å²) >= 11 is 0. The molecule has 3 aliphatic carbocycles. The van der Waals surface area contributed by atoms with E-state index in [-0.39, 0.29) is 17.4 Å². The molecule has 74 valence electrons. The SMILES string of the molecule is CC1(C)[C@H]2C[C@H](C(=O)O)[C@H](N)[C@H]1C2. The second-order valence-electron chi connectivity index (χ2n) is 5.12. The molecule has 3 N–H and O–H groups in total. The van der Waals surface area contributed by atoms with Gasteiger partial charge in [-0.15, -0.1) is 0 Å². The molecule has 0 aromatic heterocycles. The number of carboxylic acids is 1. The highest BCUT2D eigenvalue weighted by atomic mass is 16.4. The fraction of sp³-hybridized carbons (Fsp3) is 0.900. The van der Waals surface area contributed by atoms with Crippen molar-refractivity contribution in [1.82, 2.24) is 0 Å². The lowest BCUT2D eigenvalue weighted by Gasteiger charge is -2.60. The fourth-order valence-corrected chi connectivity index (χ4v) is 3.12. The van der Waals surface area contributed by atoms with Crippen molar-refractivity contribution in [3.8, 4) is 0 Å². The van der Waals surface area contributed by atoms with Crippen LogP contribution >= 0.6 is 0 Å². The number of hydrogen-bond acceptors (Lipinski definition) is 2. The molecule has 3 saturated carbocycles. The molecule has 0 aromatic carbocycles. The fourth-order valence-electron chi connectivity index (χ4n) is 3.12. The first-order chi connectivity index (χ1) is 5.94. The average molecular weight is 183 g/mol. The van der Waals surface area contributed by atoms with Gasteiger partial charge in [0.2, 0.25) is 0 Å². The Labute approximate surface area is 78.3 Å². The third-order valence-electron chi connectivity index (χ3n) is 4.33. The second kappa shape index (κ2) is 2.47. The van der Waals surface area contributed by atoms with Crippen LogP contribution in [0.25, 0.3) is 0 Å². The molecule has 0 radical (unpaired) electrons. The maximum atomic E-state index is 10.9. The van der Waals surface area contributed by atoms with Crippen LogP contribution in [0.15, 0.2) is 0 Å². The van der Waals surface area contributed by atoms with E-state index in [1.165, 1.54) is 0 Å². The van der Waals surface area contributed by atoms with Gasteiger partial charge in [0.25, 0.3) is 0 Å². The molecular weight excluding hydrogens is 166 g/mol. The lowest BCUT2D eigenvalue weighted by molar-refractivity contribution is -0.159. The van der Waals surface area contributed by atoms with Gasteiger partial charge in [-0.25, -0.2) is 0 Å². The van der Waals surface area contributed by atoms with Gasteiger partial charge in [0.05, 0.1) is 5.92 Å². The smallest absolute Gasteiger partial charge is 0.308 e. The van der Waals surface area contributed by atoms with Crippen molar-refractivity contribution in [1.29, 1.82) is 0 Å². The predicted octanol–water partition coefficient (Wildman–Crippen LogP) is 1.08. The largest absolute Gasteiger partial charge is 0.481 e. The molecule has 3 heteroatoms. The summed E-state index contributed by atoms with van der Waals surface area (Å²) < 4.78 is 0. The van der Waals surface area contributed by atoms with Gasteiger partial charge in [-0.1, -0.05) is 13.8 Å². The van der Waals surface area contributed by atoms with E-state index in [9.17, 15) is 4.79 Å². The third kappa shape index (κ3) is 1.03. The molecule has 3 fully saturated rings. The summed E-state index contributed by atoms with van der Waals surface area (Å²) in [7, 11) is 0. The van der Waals surface area contributed by atoms with Crippen molar-refractivity contribution in [2.75, 3.05) is 0 Å². The molecule has 0 amide bonds. The number of rotatable bonds is 1. The van der Waals surface area contributed by atoms with Crippen LogP contribution < -0.4 is 5.73 Å². The van der Waals surface area contributed by atoms with E-state index in [0.717, 1.165) is 12.8 Å². The van der Waals surface area contributed by atoms with Crippen molar-refractivity contribution < 1.29 is 9.90 Å². The van der Waals surface area contributed by atoms with Crippen LogP contribution in [-0.4, -0.2) is 17.1 Å². The predicted molar refractivity (Wildman–Crippen MR) is 49.1 cm³/mol. The van der Waals surface area contributed by atoms with Crippen LogP contribution in [0.4, 0.5) is 0 Å². The molecule has 0 saturated heterocycles. The van der Waals surface area contributed by atoms with Crippen LogP contribution in [0, 0.1) is 23.2 Å². The lowest BCUT2D eigenvalue weighted by atomic mass is 9.45. The van der Waals surface area contributed by atoms with Gasteiger partial charge in [0, 0.05) is 6.04 Å². The molecule has 3 nitrogen and oxygen atoms in total. The quantitative estimate of drug-likeness (QED) is 0.639. The Bertz CT molecular complexity index is 249. The molecule has 0 unspecified atom stereocenters. The highest BCUT2D eigenvalue weighted by molar-refractivity contribution is 5.71. The van der Waals surface area contributed by atoms with Crippen molar-refractivity contribution >= 4 is 5.97 Å². The summed E-state index contributed by atoms with van der Waals surface area (Å²) in [6.45, 7) is 4.42. The number of aliphatic carboxylic acids is 1. The Morgan fingerprint density at radius 2 is 2.08 bits per heavy atom. The molecule has 2 bridgehead atoms. The van der Waals surface area contributed by atoms with Crippen molar-refractivity contribution in [3.63, 3.8) is 0 Å². The van der Waals surface area contributed by atoms with E-state index in [1.54, 1.807) is 0 Å². The van der Waals surface area contributed by atoms with E-state index < -0.39 is 5.97 Å². The zero-order valence-electron chi connectivity index (χ0n) is 8.16. The first kappa shape index (κ1) is 9.00. The Morgan fingerprint density at radius 1 is 1.46 bits per heavy atom. The highest BCUT2D eigenvalue weighted by Gasteiger charge is 2.58.